The third-order valence-electron chi connectivity index (χ3n) is 6.32. The van der Waals surface area contributed by atoms with E-state index in [0.717, 1.165) is 36.6 Å². The van der Waals surface area contributed by atoms with Crippen molar-refractivity contribution in [1.82, 2.24) is 25.6 Å². The Bertz CT molecular complexity index is 1200. The molecule has 2 unspecified atom stereocenters. The maximum Gasteiger partial charge on any atom is 0.337 e. The zero-order valence-electron chi connectivity index (χ0n) is 19.9. The summed E-state index contributed by atoms with van der Waals surface area (Å²) in [7, 11) is 0. The summed E-state index contributed by atoms with van der Waals surface area (Å²) in [5.74, 6) is -0.991. The van der Waals surface area contributed by atoms with Gasteiger partial charge in [0.1, 0.15) is 0 Å². The van der Waals surface area contributed by atoms with Crippen molar-refractivity contribution in [2.24, 2.45) is 0 Å². The molecule has 4 rings (SSSR count). The Morgan fingerprint density at radius 2 is 2.09 bits per heavy atom. The number of amides is 1. The molecule has 188 valence electrons. The normalized spacial score (nSPS) is 18.2. The number of aryl methyl sites for hydroxylation is 1. The van der Waals surface area contributed by atoms with Crippen LogP contribution >= 0.6 is 22.9 Å². The number of hydrogen-bond acceptors (Lipinski definition) is 7. The zero-order chi connectivity index (χ0) is 24.9. The van der Waals surface area contributed by atoms with Crippen LogP contribution in [-0.4, -0.2) is 63.7 Å². The summed E-state index contributed by atoms with van der Waals surface area (Å²) >= 11 is 7.53. The first-order chi connectivity index (χ1) is 16.9. The number of H-pyrrole nitrogens is 1. The van der Waals surface area contributed by atoms with Crippen molar-refractivity contribution < 1.29 is 14.7 Å². The number of rotatable bonds is 10. The molecule has 9 nitrogen and oxygen atoms in total. The summed E-state index contributed by atoms with van der Waals surface area (Å²) in [5.41, 5.74) is 1.71. The van der Waals surface area contributed by atoms with Gasteiger partial charge in [-0.25, -0.2) is 14.8 Å². The number of carboxylic acid groups (broad SMARTS) is 1. The minimum absolute atomic E-state index is 0.00610. The van der Waals surface area contributed by atoms with E-state index in [4.69, 9.17) is 16.6 Å². The number of carbonyl (C=O) groups excluding carboxylic acids is 1. The van der Waals surface area contributed by atoms with Crippen molar-refractivity contribution in [3.63, 3.8) is 0 Å². The highest BCUT2D eigenvalue weighted by molar-refractivity contribution is 7.22. The zero-order valence-corrected chi connectivity index (χ0v) is 21.5. The van der Waals surface area contributed by atoms with Gasteiger partial charge in [-0.3, -0.25) is 4.79 Å². The molecule has 3 aromatic rings. The number of carboxylic acids is 1. The van der Waals surface area contributed by atoms with E-state index in [9.17, 15) is 14.7 Å². The Labute approximate surface area is 213 Å². The van der Waals surface area contributed by atoms with Crippen LogP contribution in [0.25, 0.3) is 10.2 Å². The average Bonchev–Trinajstić information content (AvgIpc) is 3.45. The summed E-state index contributed by atoms with van der Waals surface area (Å²) in [6.07, 6.45) is 4.72. The van der Waals surface area contributed by atoms with Crippen molar-refractivity contribution in [2.75, 3.05) is 24.5 Å². The molecule has 0 aliphatic carbocycles. The number of aromatic amines is 1. The van der Waals surface area contributed by atoms with E-state index >= 15 is 0 Å². The van der Waals surface area contributed by atoms with E-state index in [1.807, 2.05) is 13.0 Å². The van der Waals surface area contributed by atoms with Crippen LogP contribution in [0.5, 0.6) is 0 Å². The number of hydrogen-bond donors (Lipinski definition) is 4. The molecule has 1 aromatic carbocycles. The predicted octanol–water partition coefficient (Wildman–Crippen LogP) is 4.09. The molecule has 3 heterocycles. The van der Waals surface area contributed by atoms with E-state index in [1.54, 1.807) is 12.1 Å². The number of thiazole rings is 1. The highest BCUT2D eigenvalue weighted by Gasteiger charge is 2.32. The Morgan fingerprint density at radius 1 is 1.26 bits per heavy atom. The van der Waals surface area contributed by atoms with Crippen molar-refractivity contribution in [2.45, 2.75) is 58.0 Å². The maximum atomic E-state index is 12.9. The van der Waals surface area contributed by atoms with Gasteiger partial charge >= 0.3 is 5.97 Å². The lowest BCUT2D eigenvalue weighted by molar-refractivity contribution is 0.0699. The quantitative estimate of drug-likeness (QED) is 0.298. The lowest BCUT2D eigenvalue weighted by Crippen LogP contribution is -2.59. The molecule has 0 spiro atoms. The Morgan fingerprint density at radius 3 is 2.80 bits per heavy atom. The number of benzene rings is 1. The minimum atomic E-state index is -0.952. The highest BCUT2D eigenvalue weighted by Crippen LogP contribution is 2.33. The molecule has 2 atom stereocenters. The summed E-state index contributed by atoms with van der Waals surface area (Å²) in [6.45, 7) is 6.32. The number of nitrogens with one attached hydrogen (secondary N) is 3. The van der Waals surface area contributed by atoms with Gasteiger partial charge in [0.25, 0.3) is 5.91 Å². The number of aromatic nitrogens is 3. The van der Waals surface area contributed by atoms with Gasteiger partial charge in [0.15, 0.2) is 16.1 Å². The fraction of sp³-hybridized carbons (Fsp3) is 0.500. The minimum Gasteiger partial charge on any atom is -0.478 e. The molecule has 1 aliphatic rings. The third-order valence-corrected chi connectivity index (χ3v) is 7.80. The number of imidazole rings is 1. The molecule has 0 saturated carbocycles. The lowest BCUT2D eigenvalue weighted by Gasteiger charge is -2.39. The van der Waals surface area contributed by atoms with Crippen LogP contribution in [-0.2, 0) is 6.42 Å². The fourth-order valence-electron chi connectivity index (χ4n) is 4.38. The summed E-state index contributed by atoms with van der Waals surface area (Å²) < 4.78 is 0.680. The Balaban J connectivity index is 1.50. The number of halogens is 1. The molecule has 2 aromatic heterocycles. The maximum absolute atomic E-state index is 12.9. The first-order valence-corrected chi connectivity index (χ1v) is 13.3. The lowest BCUT2D eigenvalue weighted by atomic mass is 9.99. The molecule has 1 aliphatic heterocycles. The van der Waals surface area contributed by atoms with Gasteiger partial charge in [0.2, 0.25) is 0 Å². The number of fused-ring (bicyclic) bond motifs is 1. The van der Waals surface area contributed by atoms with Gasteiger partial charge < -0.3 is 25.6 Å². The molecule has 1 saturated heterocycles. The van der Waals surface area contributed by atoms with Crippen LogP contribution < -0.4 is 15.5 Å². The van der Waals surface area contributed by atoms with E-state index in [0.29, 0.717) is 41.3 Å². The van der Waals surface area contributed by atoms with Gasteiger partial charge in [0.05, 0.1) is 21.5 Å². The third kappa shape index (κ3) is 5.76. The van der Waals surface area contributed by atoms with Crippen molar-refractivity contribution in [3.8, 4) is 0 Å². The Kier molecular flexibility index (Phi) is 8.25. The van der Waals surface area contributed by atoms with E-state index < -0.39 is 5.97 Å². The molecule has 0 bridgehead atoms. The first kappa shape index (κ1) is 25.4. The fourth-order valence-corrected chi connectivity index (χ4v) is 5.75. The molecule has 35 heavy (non-hydrogen) atoms. The number of carbonyl (C=O) groups is 2. The smallest absolute Gasteiger partial charge is 0.337 e. The van der Waals surface area contributed by atoms with Crippen LogP contribution in [0.3, 0.4) is 0 Å². The highest BCUT2D eigenvalue weighted by atomic mass is 35.5. The van der Waals surface area contributed by atoms with Crippen LogP contribution in [0.4, 0.5) is 5.13 Å². The van der Waals surface area contributed by atoms with E-state index in [1.165, 1.54) is 11.3 Å². The van der Waals surface area contributed by atoms with Gasteiger partial charge in [-0.15, -0.1) is 0 Å². The van der Waals surface area contributed by atoms with Crippen LogP contribution in [0.1, 0.15) is 66.2 Å². The van der Waals surface area contributed by atoms with Crippen LogP contribution in [0.2, 0.25) is 5.15 Å². The number of anilines is 1. The second kappa shape index (κ2) is 11.4. The monoisotopic (exact) mass is 518 g/mol. The van der Waals surface area contributed by atoms with Crippen molar-refractivity contribution in [3.05, 3.63) is 40.4 Å². The molecule has 11 heteroatoms. The molecule has 1 fully saturated rings. The predicted molar refractivity (Wildman–Crippen MR) is 139 cm³/mol. The second-order valence-electron chi connectivity index (χ2n) is 8.75. The molecular formula is C24H31ClN6O3S. The standard InChI is InChI=1S/C24H31ClN6O3S/c1-3-5-6-11-26-18-13-31(24-29-17-9-7-8-14(23(33)34)19(17)35-24)12-10-16(18)28-22(32)21-27-15(4-2)20(25)30-21/h7-9,16,18,26H,3-6,10-13H2,1-2H3,(H,27,30)(H,28,32)(H,33,34). The van der Waals surface area contributed by atoms with E-state index in [-0.39, 0.29) is 29.4 Å². The van der Waals surface area contributed by atoms with Gasteiger partial charge in [0, 0.05) is 25.2 Å². The van der Waals surface area contributed by atoms with Crippen LogP contribution in [0, 0.1) is 0 Å². The number of aromatic carboxylic acids is 1. The largest absolute Gasteiger partial charge is 0.478 e. The molecule has 1 amide bonds. The molecule has 0 radical (unpaired) electrons. The van der Waals surface area contributed by atoms with E-state index in [2.05, 4.69) is 32.4 Å². The van der Waals surface area contributed by atoms with Gasteiger partial charge in [-0.2, -0.15) is 0 Å². The SMILES string of the molecule is CCCCCNC1CN(c2nc3cccc(C(=O)O)c3s2)CCC1NC(=O)c1nc(Cl)c(CC)[nH]1. The molecule has 4 N–H and O–H groups in total. The van der Waals surface area contributed by atoms with Crippen molar-refractivity contribution >= 4 is 50.2 Å². The number of piperidine rings is 1. The first-order valence-electron chi connectivity index (χ1n) is 12.1. The summed E-state index contributed by atoms with van der Waals surface area (Å²) in [5, 5.41) is 17.4. The Hall–Kier alpha value is -2.69. The van der Waals surface area contributed by atoms with Gasteiger partial charge in [-0.05, 0) is 37.9 Å². The number of nitrogens with zero attached hydrogens (tertiary/aromatic N) is 3. The van der Waals surface area contributed by atoms with Crippen molar-refractivity contribution in [1.29, 1.82) is 0 Å². The topological polar surface area (TPSA) is 123 Å². The van der Waals surface area contributed by atoms with Gasteiger partial charge in [-0.1, -0.05) is 55.7 Å². The molecular weight excluding hydrogens is 488 g/mol. The second-order valence-corrected chi connectivity index (χ2v) is 10.1. The summed E-state index contributed by atoms with van der Waals surface area (Å²) in [4.78, 5) is 38.6. The average molecular weight is 519 g/mol. The van der Waals surface area contributed by atoms with Crippen LogP contribution in [0.15, 0.2) is 18.2 Å². The number of unbranched alkanes of at least 4 members (excludes halogenated alkanes) is 2. The summed E-state index contributed by atoms with van der Waals surface area (Å²) in [6, 6.07) is 5.09.